The molecule has 1 aliphatic heterocycles. The number of pyridine rings is 2. The Labute approximate surface area is 157 Å². The van der Waals surface area contributed by atoms with E-state index in [9.17, 15) is 13.2 Å². The third kappa shape index (κ3) is 2.70. The topological polar surface area (TPSA) is 62.1 Å². The smallest absolute Gasteiger partial charge is 0.348 e. The maximum atomic E-state index is 12.9. The fourth-order valence-electron chi connectivity index (χ4n) is 3.64. The van der Waals surface area contributed by atoms with Gasteiger partial charge in [-0.05, 0) is 30.3 Å². The Morgan fingerprint density at radius 1 is 1.11 bits per heavy atom. The molecule has 0 amide bonds. The fourth-order valence-corrected chi connectivity index (χ4v) is 3.64. The maximum absolute atomic E-state index is 12.9. The number of H-pyrrole nitrogens is 1. The fraction of sp³-hybridized carbons (Fsp3) is 0.211. The molecule has 1 N–H and O–H groups in total. The number of hydrogen-bond donors (Lipinski definition) is 1. The van der Waals surface area contributed by atoms with Crippen LogP contribution in [0.25, 0.3) is 5.52 Å². The first-order chi connectivity index (χ1) is 13.5. The average molecular weight is 384 g/mol. The molecule has 0 aliphatic carbocycles. The molecule has 0 bridgehead atoms. The maximum Gasteiger partial charge on any atom is 0.417 e. The van der Waals surface area contributed by atoms with Gasteiger partial charge in [-0.1, -0.05) is 6.07 Å². The van der Waals surface area contributed by atoms with Gasteiger partial charge in [-0.25, -0.2) is 14.5 Å². The van der Waals surface area contributed by atoms with Crippen LogP contribution in [0.1, 0.15) is 28.7 Å². The van der Waals surface area contributed by atoms with E-state index >= 15 is 0 Å². The lowest BCUT2D eigenvalue weighted by molar-refractivity contribution is -0.137. The van der Waals surface area contributed by atoms with Crippen molar-refractivity contribution in [3.05, 3.63) is 77.8 Å². The van der Waals surface area contributed by atoms with Gasteiger partial charge in [0.1, 0.15) is 11.9 Å². The van der Waals surface area contributed by atoms with Crippen LogP contribution in [0.3, 0.4) is 0 Å². The van der Waals surface area contributed by atoms with E-state index in [1.165, 1.54) is 6.07 Å². The highest BCUT2D eigenvalue weighted by molar-refractivity contribution is 5.53. The first kappa shape index (κ1) is 16.8. The molecule has 4 aromatic rings. The standard InChI is InChI=1S/C19H15F3N6/c20-19(21,22)12-4-5-16(23-10-12)27-8-6-14-17(25-11-24-14)18(27)15-9-13-3-1-2-7-28(13)26-15/h1-5,7,9-11,18H,6,8H2,(H,24,25)/t18-/m0/s1. The molecular formula is C19H15F3N6. The number of hydrogen-bond acceptors (Lipinski definition) is 4. The summed E-state index contributed by atoms with van der Waals surface area (Å²) in [6, 6.07) is 9.86. The summed E-state index contributed by atoms with van der Waals surface area (Å²) in [7, 11) is 0. The Hall–Kier alpha value is -3.36. The van der Waals surface area contributed by atoms with Gasteiger partial charge in [0.15, 0.2) is 0 Å². The van der Waals surface area contributed by atoms with Gasteiger partial charge < -0.3 is 9.88 Å². The van der Waals surface area contributed by atoms with Crippen molar-refractivity contribution in [2.75, 3.05) is 11.4 Å². The quantitative estimate of drug-likeness (QED) is 0.573. The van der Waals surface area contributed by atoms with Gasteiger partial charge >= 0.3 is 6.18 Å². The second kappa shape index (κ2) is 6.08. The van der Waals surface area contributed by atoms with Crippen molar-refractivity contribution < 1.29 is 13.2 Å². The van der Waals surface area contributed by atoms with E-state index in [0.717, 1.165) is 34.9 Å². The predicted octanol–water partition coefficient (Wildman–Crippen LogP) is 3.62. The highest BCUT2D eigenvalue weighted by atomic mass is 19.4. The summed E-state index contributed by atoms with van der Waals surface area (Å²) in [6.45, 7) is 0.589. The number of alkyl halides is 3. The van der Waals surface area contributed by atoms with Crippen molar-refractivity contribution in [2.45, 2.75) is 18.6 Å². The number of nitrogens with zero attached hydrogens (tertiary/aromatic N) is 5. The van der Waals surface area contributed by atoms with Crippen LogP contribution in [0.15, 0.2) is 55.1 Å². The molecule has 5 heterocycles. The molecule has 0 saturated heterocycles. The summed E-state index contributed by atoms with van der Waals surface area (Å²) < 4.78 is 40.5. The SMILES string of the molecule is FC(F)(F)c1ccc(N2CCc3[nH]cnc3[C@@H]2c2cc3ccccn3n2)nc1. The minimum atomic E-state index is -4.41. The molecule has 142 valence electrons. The molecule has 0 aromatic carbocycles. The van der Waals surface area contributed by atoms with Gasteiger partial charge in [0.25, 0.3) is 0 Å². The first-order valence-electron chi connectivity index (χ1n) is 8.77. The molecule has 1 aliphatic rings. The number of anilines is 1. The number of nitrogens with one attached hydrogen (secondary N) is 1. The first-order valence-corrected chi connectivity index (χ1v) is 8.77. The Balaban J connectivity index is 1.60. The Bertz CT molecular complexity index is 1100. The van der Waals surface area contributed by atoms with Crippen LogP contribution in [0, 0.1) is 0 Å². The zero-order valence-corrected chi connectivity index (χ0v) is 14.6. The molecule has 0 fully saturated rings. The van der Waals surface area contributed by atoms with E-state index in [-0.39, 0.29) is 6.04 Å². The van der Waals surface area contributed by atoms with E-state index in [1.54, 1.807) is 10.8 Å². The third-order valence-electron chi connectivity index (χ3n) is 4.96. The van der Waals surface area contributed by atoms with E-state index in [0.29, 0.717) is 18.8 Å². The van der Waals surface area contributed by atoms with Crippen LogP contribution >= 0.6 is 0 Å². The molecular weight excluding hydrogens is 369 g/mol. The second-order valence-electron chi connectivity index (χ2n) is 6.65. The zero-order chi connectivity index (χ0) is 19.3. The van der Waals surface area contributed by atoms with Crippen LogP contribution in [0.5, 0.6) is 0 Å². The van der Waals surface area contributed by atoms with E-state index in [2.05, 4.69) is 20.1 Å². The number of aromatic amines is 1. The Morgan fingerprint density at radius 2 is 2.00 bits per heavy atom. The zero-order valence-electron chi connectivity index (χ0n) is 14.6. The highest BCUT2D eigenvalue weighted by Crippen LogP contribution is 2.37. The van der Waals surface area contributed by atoms with Gasteiger partial charge in [-0.2, -0.15) is 18.3 Å². The average Bonchev–Trinajstić information content (AvgIpc) is 3.33. The minimum Gasteiger partial charge on any atom is -0.348 e. The molecule has 0 saturated carbocycles. The third-order valence-corrected chi connectivity index (χ3v) is 4.96. The lowest BCUT2D eigenvalue weighted by Crippen LogP contribution is -2.37. The van der Waals surface area contributed by atoms with Gasteiger partial charge in [0.05, 0.1) is 28.8 Å². The summed E-state index contributed by atoms with van der Waals surface area (Å²) in [4.78, 5) is 13.7. The Morgan fingerprint density at radius 3 is 2.75 bits per heavy atom. The highest BCUT2D eigenvalue weighted by Gasteiger charge is 2.35. The molecule has 6 nitrogen and oxygen atoms in total. The number of halogens is 3. The molecule has 28 heavy (non-hydrogen) atoms. The van der Waals surface area contributed by atoms with Gasteiger partial charge in [-0.15, -0.1) is 0 Å². The van der Waals surface area contributed by atoms with Crippen molar-refractivity contribution in [2.24, 2.45) is 0 Å². The van der Waals surface area contributed by atoms with E-state index in [1.807, 2.05) is 35.4 Å². The molecule has 0 radical (unpaired) electrons. The monoisotopic (exact) mass is 384 g/mol. The normalized spacial score (nSPS) is 17.1. The van der Waals surface area contributed by atoms with Crippen LogP contribution in [-0.4, -0.2) is 31.1 Å². The van der Waals surface area contributed by atoms with Crippen LogP contribution < -0.4 is 4.90 Å². The summed E-state index contributed by atoms with van der Waals surface area (Å²) in [6.07, 6.45) is 0.646. The number of aromatic nitrogens is 5. The van der Waals surface area contributed by atoms with Crippen LogP contribution in [0.2, 0.25) is 0 Å². The predicted molar refractivity (Wildman–Crippen MR) is 95.9 cm³/mol. The molecule has 5 rings (SSSR count). The van der Waals surface area contributed by atoms with Crippen molar-refractivity contribution in [3.63, 3.8) is 0 Å². The van der Waals surface area contributed by atoms with E-state index < -0.39 is 11.7 Å². The van der Waals surface area contributed by atoms with Crippen LogP contribution in [-0.2, 0) is 12.6 Å². The van der Waals surface area contributed by atoms with Crippen molar-refractivity contribution in [1.82, 2.24) is 24.6 Å². The summed E-state index contributed by atoms with van der Waals surface area (Å²) in [5.74, 6) is 0.462. The molecule has 0 unspecified atom stereocenters. The molecule has 4 aromatic heterocycles. The second-order valence-corrected chi connectivity index (χ2v) is 6.65. The van der Waals surface area contributed by atoms with Gasteiger partial charge in [0.2, 0.25) is 0 Å². The van der Waals surface area contributed by atoms with Crippen molar-refractivity contribution in [3.8, 4) is 0 Å². The lowest BCUT2D eigenvalue weighted by Gasteiger charge is -2.34. The number of rotatable bonds is 2. The summed E-state index contributed by atoms with van der Waals surface area (Å²) in [5, 5.41) is 4.66. The summed E-state index contributed by atoms with van der Waals surface area (Å²) >= 11 is 0. The lowest BCUT2D eigenvalue weighted by atomic mass is 9.99. The molecule has 9 heteroatoms. The number of imidazole rings is 1. The summed E-state index contributed by atoms with van der Waals surface area (Å²) in [5.41, 5.74) is 2.75. The Kier molecular flexibility index (Phi) is 3.65. The van der Waals surface area contributed by atoms with Crippen molar-refractivity contribution >= 4 is 11.3 Å². The molecule has 0 spiro atoms. The van der Waals surface area contributed by atoms with E-state index in [4.69, 9.17) is 0 Å². The number of fused-ring (bicyclic) bond motifs is 2. The van der Waals surface area contributed by atoms with Gasteiger partial charge in [-0.3, -0.25) is 0 Å². The van der Waals surface area contributed by atoms with Crippen molar-refractivity contribution in [1.29, 1.82) is 0 Å². The largest absolute Gasteiger partial charge is 0.417 e. The van der Waals surface area contributed by atoms with Gasteiger partial charge in [0, 0.05) is 31.1 Å². The molecule has 1 atom stereocenters. The van der Waals surface area contributed by atoms with Crippen LogP contribution in [0.4, 0.5) is 19.0 Å². The minimum absolute atomic E-state index is 0.334.